The van der Waals surface area contributed by atoms with E-state index < -0.39 is 0 Å². The van der Waals surface area contributed by atoms with Crippen molar-refractivity contribution >= 4 is 44.0 Å². The standard InChI is InChI=1S/C30H25N3O/c1-3-33(4-2)23-15-16-26-28(18-23)34-29-19-27(24-11-7-8-12-25(24)30(29)32-26)31-22-14-13-20-9-5-6-10-21(20)17-22/h5-19H,3-4H2,1-2H3/b31-27+. The molecule has 4 heteroatoms. The first kappa shape index (κ1) is 20.4. The normalized spacial score (nSPS) is 12.2. The fraction of sp³-hybridized carbons (Fsp3) is 0.133. The van der Waals surface area contributed by atoms with Gasteiger partial charge in [-0.3, -0.25) is 0 Å². The van der Waals surface area contributed by atoms with E-state index >= 15 is 0 Å². The third kappa shape index (κ3) is 3.48. The molecule has 0 aromatic heterocycles. The summed E-state index contributed by atoms with van der Waals surface area (Å²) in [5.41, 5.74) is 4.55. The van der Waals surface area contributed by atoms with Crippen molar-refractivity contribution in [2.75, 3.05) is 18.0 Å². The van der Waals surface area contributed by atoms with Crippen molar-refractivity contribution in [3.05, 3.63) is 96.4 Å². The second-order valence-corrected chi connectivity index (χ2v) is 8.47. The predicted molar refractivity (Wildman–Crippen MR) is 141 cm³/mol. The summed E-state index contributed by atoms with van der Waals surface area (Å²) in [6, 6.07) is 31.2. The van der Waals surface area contributed by atoms with Crippen molar-refractivity contribution in [1.29, 1.82) is 0 Å². The van der Waals surface area contributed by atoms with Gasteiger partial charge >= 0.3 is 0 Å². The van der Waals surface area contributed by atoms with Gasteiger partial charge in [0.25, 0.3) is 0 Å². The molecule has 1 heterocycles. The lowest BCUT2D eigenvalue weighted by molar-refractivity contribution is 0.613. The zero-order valence-corrected chi connectivity index (χ0v) is 19.3. The lowest BCUT2D eigenvalue weighted by Gasteiger charge is -2.21. The van der Waals surface area contributed by atoms with E-state index in [4.69, 9.17) is 14.4 Å². The van der Waals surface area contributed by atoms with Gasteiger partial charge in [-0.15, -0.1) is 0 Å². The molecule has 2 aliphatic rings. The van der Waals surface area contributed by atoms with Crippen LogP contribution in [-0.4, -0.2) is 18.1 Å². The van der Waals surface area contributed by atoms with Crippen LogP contribution in [0.2, 0.25) is 0 Å². The third-order valence-corrected chi connectivity index (χ3v) is 6.47. The van der Waals surface area contributed by atoms with Crippen LogP contribution in [-0.2, 0) is 0 Å². The fourth-order valence-corrected chi connectivity index (χ4v) is 4.69. The Balaban J connectivity index is 1.60. The summed E-state index contributed by atoms with van der Waals surface area (Å²) >= 11 is 0. The summed E-state index contributed by atoms with van der Waals surface area (Å²) in [6.07, 6.45) is 0. The van der Waals surface area contributed by atoms with Gasteiger partial charge in [0.05, 0.1) is 11.0 Å². The first-order chi connectivity index (χ1) is 16.7. The van der Waals surface area contributed by atoms with Crippen molar-refractivity contribution in [1.82, 2.24) is 4.98 Å². The minimum Gasteiger partial charge on any atom is -0.453 e. The van der Waals surface area contributed by atoms with Crippen LogP contribution in [0.4, 0.5) is 11.4 Å². The summed E-state index contributed by atoms with van der Waals surface area (Å²) in [7, 11) is 0. The second kappa shape index (κ2) is 8.31. The molecule has 0 unspecified atom stereocenters. The van der Waals surface area contributed by atoms with E-state index in [1.165, 1.54) is 10.8 Å². The smallest absolute Gasteiger partial charge is 0.155 e. The van der Waals surface area contributed by atoms with Gasteiger partial charge in [0.15, 0.2) is 11.3 Å². The Morgan fingerprint density at radius 2 is 1.53 bits per heavy atom. The summed E-state index contributed by atoms with van der Waals surface area (Å²) in [5, 5.41) is 5.36. The lowest BCUT2D eigenvalue weighted by Crippen LogP contribution is -2.21. The number of fused-ring (bicyclic) bond motifs is 5. The molecule has 1 aliphatic heterocycles. The van der Waals surface area contributed by atoms with Crippen LogP contribution in [0.15, 0.2) is 100 Å². The number of anilines is 1. The van der Waals surface area contributed by atoms with Crippen molar-refractivity contribution in [3.63, 3.8) is 0 Å². The molecule has 0 N–H and O–H groups in total. The van der Waals surface area contributed by atoms with Crippen LogP contribution >= 0.6 is 0 Å². The van der Waals surface area contributed by atoms with Gasteiger partial charge in [-0.25, -0.2) is 9.98 Å². The first-order valence-corrected chi connectivity index (χ1v) is 11.8. The highest BCUT2D eigenvalue weighted by atomic mass is 16.3. The highest BCUT2D eigenvalue weighted by Crippen LogP contribution is 2.32. The molecule has 0 fully saturated rings. The van der Waals surface area contributed by atoms with Crippen LogP contribution in [0.25, 0.3) is 44.1 Å². The number of benzene rings is 5. The van der Waals surface area contributed by atoms with Crippen LogP contribution in [0.3, 0.4) is 0 Å². The minimum absolute atomic E-state index is 0.738. The monoisotopic (exact) mass is 443 g/mol. The van der Waals surface area contributed by atoms with Crippen LogP contribution in [0.1, 0.15) is 13.8 Å². The van der Waals surface area contributed by atoms with E-state index in [0.29, 0.717) is 0 Å². The molecule has 1 aliphatic carbocycles. The molecule has 4 aromatic carbocycles. The lowest BCUT2D eigenvalue weighted by atomic mass is 10.0. The molecule has 0 atom stereocenters. The van der Waals surface area contributed by atoms with Crippen LogP contribution in [0, 0.1) is 0 Å². The summed E-state index contributed by atoms with van der Waals surface area (Å²) < 4.78 is 6.43. The molecule has 6 rings (SSSR count). The van der Waals surface area contributed by atoms with Crippen molar-refractivity contribution < 1.29 is 4.42 Å². The molecule has 4 nitrogen and oxygen atoms in total. The quantitative estimate of drug-likeness (QED) is 0.212. The van der Waals surface area contributed by atoms with Gasteiger partial charge < -0.3 is 9.32 Å². The molecule has 4 aromatic rings. The van der Waals surface area contributed by atoms with Gasteiger partial charge in [0, 0.05) is 41.7 Å². The topological polar surface area (TPSA) is 41.6 Å². The molecular formula is C30H25N3O. The maximum Gasteiger partial charge on any atom is 0.155 e. The average Bonchev–Trinajstić information content (AvgIpc) is 2.88. The zero-order chi connectivity index (χ0) is 23.1. The SMILES string of the molecule is CCN(CC)c1ccc2nc3c4ccccc4/c(=N/c4ccc5ccccc5c4)cc-3oc2c1. The predicted octanol–water partition coefficient (Wildman–Crippen LogP) is 7.32. The highest BCUT2D eigenvalue weighted by molar-refractivity contribution is 5.96. The Morgan fingerprint density at radius 1 is 0.765 bits per heavy atom. The number of nitrogens with zero attached hydrogens (tertiary/aromatic N) is 3. The number of rotatable bonds is 4. The van der Waals surface area contributed by atoms with Crippen LogP contribution < -0.4 is 10.3 Å². The largest absolute Gasteiger partial charge is 0.453 e. The van der Waals surface area contributed by atoms with E-state index in [1.54, 1.807) is 0 Å². The van der Waals surface area contributed by atoms with E-state index in [1.807, 2.05) is 24.3 Å². The number of hydrogen-bond donors (Lipinski definition) is 0. The summed E-state index contributed by atoms with van der Waals surface area (Å²) in [5.74, 6) is 0.738. The van der Waals surface area contributed by atoms with Crippen molar-refractivity contribution in [2.45, 2.75) is 13.8 Å². The minimum atomic E-state index is 0.738. The average molecular weight is 444 g/mol. The maximum atomic E-state index is 6.43. The highest BCUT2D eigenvalue weighted by Gasteiger charge is 2.15. The molecule has 0 bridgehead atoms. The summed E-state index contributed by atoms with van der Waals surface area (Å²) in [4.78, 5) is 12.3. The van der Waals surface area contributed by atoms with Gasteiger partial charge in [0.2, 0.25) is 0 Å². The Labute approximate surface area is 198 Å². The van der Waals surface area contributed by atoms with E-state index in [0.717, 1.165) is 63.1 Å². The van der Waals surface area contributed by atoms with E-state index in [-0.39, 0.29) is 0 Å². The summed E-state index contributed by atoms with van der Waals surface area (Å²) in [6.45, 7) is 6.22. The molecule has 0 spiro atoms. The Hall–Kier alpha value is -4.18. The molecule has 0 amide bonds. The molecular weight excluding hydrogens is 418 g/mol. The number of aromatic nitrogens is 1. The van der Waals surface area contributed by atoms with Crippen LogP contribution in [0.5, 0.6) is 0 Å². The number of hydrogen-bond acceptors (Lipinski definition) is 4. The van der Waals surface area contributed by atoms with E-state index in [9.17, 15) is 0 Å². The molecule has 0 radical (unpaired) electrons. The van der Waals surface area contributed by atoms with E-state index in [2.05, 4.69) is 85.5 Å². The molecule has 34 heavy (non-hydrogen) atoms. The second-order valence-electron chi connectivity index (χ2n) is 8.47. The van der Waals surface area contributed by atoms with Gasteiger partial charge in [-0.2, -0.15) is 0 Å². The van der Waals surface area contributed by atoms with Crippen molar-refractivity contribution in [2.24, 2.45) is 4.99 Å². The Bertz CT molecular complexity index is 1700. The molecule has 0 saturated heterocycles. The van der Waals surface area contributed by atoms with Gasteiger partial charge in [-0.1, -0.05) is 54.6 Å². The third-order valence-electron chi connectivity index (χ3n) is 6.47. The fourth-order valence-electron chi connectivity index (χ4n) is 4.69. The van der Waals surface area contributed by atoms with Gasteiger partial charge in [-0.05, 0) is 48.9 Å². The maximum absolute atomic E-state index is 6.43. The Morgan fingerprint density at radius 3 is 2.35 bits per heavy atom. The Kier molecular flexibility index (Phi) is 4.99. The first-order valence-electron chi connectivity index (χ1n) is 11.8. The molecule has 0 saturated carbocycles. The van der Waals surface area contributed by atoms with Crippen molar-refractivity contribution in [3.8, 4) is 11.5 Å². The molecule has 166 valence electrons. The van der Waals surface area contributed by atoms with Gasteiger partial charge in [0.1, 0.15) is 11.2 Å². The zero-order valence-electron chi connectivity index (χ0n) is 19.3.